The van der Waals surface area contributed by atoms with Gasteiger partial charge >= 0.3 is 0 Å². The quantitative estimate of drug-likeness (QED) is 0.907. The average molecular weight is 283 g/mol. The molecule has 0 spiro atoms. The van der Waals surface area contributed by atoms with Gasteiger partial charge in [-0.05, 0) is 42.9 Å². The Morgan fingerprint density at radius 3 is 2.58 bits per heavy atom. The number of fused-ring (bicyclic) bond motifs is 1. The number of benzene rings is 1. The van der Waals surface area contributed by atoms with E-state index in [1.165, 1.54) is 11.1 Å². The molecule has 3 nitrogen and oxygen atoms in total. The van der Waals surface area contributed by atoms with Crippen LogP contribution in [0.2, 0.25) is 0 Å². The van der Waals surface area contributed by atoms with E-state index in [-0.39, 0.29) is 18.3 Å². The highest BCUT2D eigenvalue weighted by atomic mass is 35.5. The lowest BCUT2D eigenvalue weighted by Gasteiger charge is -2.31. The van der Waals surface area contributed by atoms with Crippen molar-refractivity contribution in [1.82, 2.24) is 0 Å². The summed E-state index contributed by atoms with van der Waals surface area (Å²) in [4.78, 5) is 13.9. The van der Waals surface area contributed by atoms with Crippen LogP contribution in [0.1, 0.15) is 44.2 Å². The van der Waals surface area contributed by atoms with E-state index in [0.717, 1.165) is 25.1 Å². The minimum Gasteiger partial charge on any atom is -0.320 e. The molecule has 1 aromatic rings. The van der Waals surface area contributed by atoms with Crippen LogP contribution in [0.15, 0.2) is 18.2 Å². The van der Waals surface area contributed by atoms with Gasteiger partial charge in [0.25, 0.3) is 0 Å². The first-order valence-corrected chi connectivity index (χ1v) is 6.70. The van der Waals surface area contributed by atoms with Crippen molar-refractivity contribution in [3.8, 4) is 0 Å². The molecule has 1 aliphatic rings. The van der Waals surface area contributed by atoms with Crippen molar-refractivity contribution in [2.45, 2.75) is 45.6 Å². The fourth-order valence-corrected chi connectivity index (χ4v) is 2.45. The standard InChI is InChI=1S/C15H22N2O.ClH/c1-10(2)12-6-7-14-13(9-12)5-4-8-17(14)15(18)11(3)16;/h6-7,9-11H,4-5,8,16H2,1-3H3;1H/t11-;/m0./s1. The third-order valence-corrected chi connectivity index (χ3v) is 3.54. The predicted octanol–water partition coefficient (Wildman–Crippen LogP) is 2.86. The van der Waals surface area contributed by atoms with E-state index in [1.807, 2.05) is 4.90 Å². The highest BCUT2D eigenvalue weighted by Crippen LogP contribution is 2.30. The highest BCUT2D eigenvalue weighted by molar-refractivity contribution is 5.97. The van der Waals surface area contributed by atoms with Gasteiger partial charge in [0.1, 0.15) is 0 Å². The summed E-state index contributed by atoms with van der Waals surface area (Å²) in [5, 5.41) is 0. The molecule has 106 valence electrons. The number of amides is 1. The van der Waals surface area contributed by atoms with Gasteiger partial charge in [-0.2, -0.15) is 0 Å². The van der Waals surface area contributed by atoms with E-state index < -0.39 is 6.04 Å². The maximum Gasteiger partial charge on any atom is 0.243 e. The zero-order valence-corrected chi connectivity index (χ0v) is 12.7. The number of rotatable bonds is 2. The van der Waals surface area contributed by atoms with E-state index >= 15 is 0 Å². The lowest BCUT2D eigenvalue weighted by atomic mass is 9.94. The van der Waals surface area contributed by atoms with E-state index in [4.69, 9.17) is 5.73 Å². The van der Waals surface area contributed by atoms with E-state index in [9.17, 15) is 4.79 Å². The summed E-state index contributed by atoms with van der Waals surface area (Å²) in [5.74, 6) is 0.544. The smallest absolute Gasteiger partial charge is 0.243 e. The Hall–Kier alpha value is -1.06. The first-order valence-electron chi connectivity index (χ1n) is 6.70. The van der Waals surface area contributed by atoms with Crippen LogP contribution in [0.5, 0.6) is 0 Å². The summed E-state index contributed by atoms with van der Waals surface area (Å²) >= 11 is 0. The molecule has 19 heavy (non-hydrogen) atoms. The largest absolute Gasteiger partial charge is 0.320 e. The maximum atomic E-state index is 12.1. The Morgan fingerprint density at radius 1 is 1.32 bits per heavy atom. The molecule has 2 rings (SSSR count). The molecule has 0 bridgehead atoms. The van der Waals surface area contributed by atoms with Gasteiger partial charge in [-0.3, -0.25) is 4.79 Å². The molecule has 0 saturated heterocycles. The minimum absolute atomic E-state index is 0. The van der Waals surface area contributed by atoms with Gasteiger partial charge in [-0.1, -0.05) is 26.0 Å². The van der Waals surface area contributed by atoms with Gasteiger partial charge in [0.05, 0.1) is 6.04 Å². The lowest BCUT2D eigenvalue weighted by molar-refractivity contribution is -0.119. The van der Waals surface area contributed by atoms with Crippen LogP contribution in [-0.4, -0.2) is 18.5 Å². The second-order valence-electron chi connectivity index (χ2n) is 5.42. The number of nitrogens with zero attached hydrogens (tertiary/aromatic N) is 1. The fourth-order valence-electron chi connectivity index (χ4n) is 2.45. The van der Waals surface area contributed by atoms with Gasteiger partial charge in [0.15, 0.2) is 0 Å². The van der Waals surface area contributed by atoms with Gasteiger partial charge in [-0.15, -0.1) is 12.4 Å². The topological polar surface area (TPSA) is 46.3 Å². The number of anilines is 1. The zero-order valence-electron chi connectivity index (χ0n) is 11.8. The first-order chi connectivity index (χ1) is 8.50. The SMILES string of the molecule is CC(C)c1ccc2c(c1)CCCN2C(=O)[C@H](C)N.Cl. The first kappa shape index (κ1) is 16.0. The molecular weight excluding hydrogens is 260 g/mol. The molecule has 1 aliphatic heterocycles. The Bertz CT molecular complexity index is 457. The molecule has 1 aromatic carbocycles. The second-order valence-corrected chi connectivity index (χ2v) is 5.42. The third kappa shape index (κ3) is 3.28. The molecule has 1 atom stereocenters. The Morgan fingerprint density at radius 2 is 2.00 bits per heavy atom. The van der Waals surface area contributed by atoms with Crippen molar-refractivity contribution in [2.75, 3.05) is 11.4 Å². The van der Waals surface area contributed by atoms with Crippen LogP contribution in [0, 0.1) is 0 Å². The van der Waals surface area contributed by atoms with Crippen LogP contribution in [0.25, 0.3) is 0 Å². The van der Waals surface area contributed by atoms with Crippen molar-refractivity contribution >= 4 is 24.0 Å². The number of halogens is 1. The summed E-state index contributed by atoms with van der Waals surface area (Å²) < 4.78 is 0. The number of carbonyl (C=O) groups is 1. The monoisotopic (exact) mass is 282 g/mol. The molecule has 0 fully saturated rings. The number of carbonyl (C=O) groups excluding carboxylic acids is 1. The van der Waals surface area contributed by atoms with E-state index in [0.29, 0.717) is 5.92 Å². The molecule has 1 amide bonds. The molecule has 2 N–H and O–H groups in total. The minimum atomic E-state index is -0.430. The van der Waals surface area contributed by atoms with Crippen LogP contribution < -0.4 is 10.6 Å². The highest BCUT2D eigenvalue weighted by Gasteiger charge is 2.24. The van der Waals surface area contributed by atoms with E-state index in [1.54, 1.807) is 6.92 Å². The lowest BCUT2D eigenvalue weighted by Crippen LogP contribution is -2.44. The summed E-state index contributed by atoms with van der Waals surface area (Å²) in [5.41, 5.74) is 9.38. The predicted molar refractivity (Wildman–Crippen MR) is 82.1 cm³/mol. The summed E-state index contributed by atoms with van der Waals surface area (Å²) in [6, 6.07) is 6.00. The summed E-state index contributed by atoms with van der Waals surface area (Å²) in [6.45, 7) is 6.92. The zero-order chi connectivity index (χ0) is 13.3. The van der Waals surface area contributed by atoms with Gasteiger partial charge in [-0.25, -0.2) is 0 Å². The van der Waals surface area contributed by atoms with E-state index in [2.05, 4.69) is 32.0 Å². The van der Waals surface area contributed by atoms with Gasteiger partial charge < -0.3 is 10.6 Å². The molecule has 0 unspecified atom stereocenters. The summed E-state index contributed by atoms with van der Waals surface area (Å²) in [7, 11) is 0. The van der Waals surface area contributed by atoms with Crippen LogP contribution in [-0.2, 0) is 11.2 Å². The summed E-state index contributed by atoms with van der Waals surface area (Å²) in [6.07, 6.45) is 2.08. The molecule has 0 aromatic heterocycles. The van der Waals surface area contributed by atoms with Crippen LogP contribution in [0.4, 0.5) is 5.69 Å². The maximum absolute atomic E-state index is 12.1. The number of hydrogen-bond donors (Lipinski definition) is 1. The average Bonchev–Trinajstić information content (AvgIpc) is 2.36. The third-order valence-electron chi connectivity index (χ3n) is 3.54. The fraction of sp³-hybridized carbons (Fsp3) is 0.533. The molecular formula is C15H23ClN2O. The molecule has 4 heteroatoms. The van der Waals surface area contributed by atoms with Crippen molar-refractivity contribution in [1.29, 1.82) is 0 Å². The second kappa shape index (κ2) is 6.40. The number of aryl methyl sites for hydroxylation is 1. The molecule has 0 radical (unpaired) electrons. The van der Waals surface area contributed by atoms with Crippen molar-refractivity contribution in [3.05, 3.63) is 29.3 Å². The molecule has 1 heterocycles. The molecule has 0 aliphatic carbocycles. The number of hydrogen-bond acceptors (Lipinski definition) is 2. The normalized spacial score (nSPS) is 15.7. The molecule has 0 saturated carbocycles. The van der Waals surface area contributed by atoms with Crippen molar-refractivity contribution in [2.24, 2.45) is 5.73 Å². The Labute approximate surface area is 121 Å². The van der Waals surface area contributed by atoms with Crippen LogP contribution >= 0.6 is 12.4 Å². The van der Waals surface area contributed by atoms with Crippen molar-refractivity contribution < 1.29 is 4.79 Å². The Kier molecular flexibility index (Phi) is 5.39. The van der Waals surface area contributed by atoms with Gasteiger partial charge in [0, 0.05) is 12.2 Å². The van der Waals surface area contributed by atoms with Crippen LogP contribution in [0.3, 0.4) is 0 Å². The van der Waals surface area contributed by atoms with Crippen molar-refractivity contribution in [3.63, 3.8) is 0 Å². The van der Waals surface area contributed by atoms with Gasteiger partial charge in [0.2, 0.25) is 5.91 Å². The Balaban J connectivity index is 0.00000180. The number of nitrogens with two attached hydrogens (primary N) is 1.